The van der Waals surface area contributed by atoms with E-state index in [4.69, 9.17) is 9.31 Å². The van der Waals surface area contributed by atoms with Crippen LogP contribution in [0.4, 0.5) is 8.78 Å². The molecule has 0 aliphatic carbocycles. The van der Waals surface area contributed by atoms with Crippen molar-refractivity contribution in [1.82, 2.24) is 9.97 Å². The fraction of sp³-hybridized carbons (Fsp3) is 0.273. The second-order valence-corrected chi connectivity index (χ2v) is 9.14. The third kappa shape index (κ3) is 3.57. The van der Waals surface area contributed by atoms with Gasteiger partial charge in [0.2, 0.25) is 0 Å². The fourth-order valence-electron chi connectivity index (χ4n) is 3.40. The normalized spacial score (nSPS) is 17.4. The maximum absolute atomic E-state index is 13.7. The van der Waals surface area contributed by atoms with Crippen molar-refractivity contribution in [1.29, 1.82) is 0 Å². The maximum Gasteiger partial charge on any atom is 0.495 e. The van der Waals surface area contributed by atoms with Crippen LogP contribution in [0.25, 0.3) is 21.8 Å². The lowest BCUT2D eigenvalue weighted by molar-refractivity contribution is 0.00578. The molecule has 4 nitrogen and oxygen atoms in total. The lowest BCUT2D eigenvalue weighted by Gasteiger charge is -2.32. The van der Waals surface area contributed by atoms with Gasteiger partial charge in [-0.05, 0) is 63.5 Å². The Morgan fingerprint density at radius 3 is 1.83 bits per heavy atom. The van der Waals surface area contributed by atoms with E-state index in [9.17, 15) is 8.78 Å². The predicted octanol–water partition coefficient (Wildman–Crippen LogP) is 5.68. The maximum atomic E-state index is 13.7. The van der Waals surface area contributed by atoms with E-state index in [1.807, 2.05) is 39.8 Å². The molecule has 156 valence electrons. The molecule has 1 aliphatic heterocycles. The molecule has 0 amide bonds. The third-order valence-electron chi connectivity index (χ3n) is 5.83. The van der Waals surface area contributed by atoms with Crippen LogP contribution >= 0.6 is 15.9 Å². The van der Waals surface area contributed by atoms with Crippen molar-refractivity contribution in [2.24, 2.45) is 0 Å². The van der Waals surface area contributed by atoms with Crippen molar-refractivity contribution in [3.63, 3.8) is 0 Å². The minimum Gasteiger partial charge on any atom is -0.399 e. The van der Waals surface area contributed by atoms with Gasteiger partial charge in [0.25, 0.3) is 0 Å². The van der Waals surface area contributed by atoms with Gasteiger partial charge in [0.15, 0.2) is 0 Å². The van der Waals surface area contributed by atoms with Crippen LogP contribution in [0.2, 0.25) is 0 Å². The van der Waals surface area contributed by atoms with Gasteiger partial charge in [0.05, 0.1) is 22.2 Å². The van der Waals surface area contributed by atoms with Crippen LogP contribution in [0.5, 0.6) is 0 Å². The van der Waals surface area contributed by atoms with Crippen molar-refractivity contribution < 1.29 is 18.1 Å². The Bertz CT molecular complexity index is 1170. The summed E-state index contributed by atoms with van der Waals surface area (Å²) in [6.45, 7) is 8.02. The summed E-state index contributed by atoms with van der Waals surface area (Å²) in [5, 5.41) is 1.68. The Balaban J connectivity index is 0.000000168. The van der Waals surface area contributed by atoms with Crippen LogP contribution in [-0.2, 0) is 9.31 Å². The van der Waals surface area contributed by atoms with E-state index >= 15 is 0 Å². The number of fused-ring (bicyclic) bond motifs is 2. The Labute approximate surface area is 182 Å². The first-order valence-corrected chi connectivity index (χ1v) is 10.4. The van der Waals surface area contributed by atoms with Gasteiger partial charge in [-0.15, -0.1) is 0 Å². The van der Waals surface area contributed by atoms with Gasteiger partial charge in [-0.3, -0.25) is 0 Å². The second-order valence-electron chi connectivity index (χ2n) is 8.29. The van der Waals surface area contributed by atoms with E-state index < -0.39 is 18.3 Å². The van der Waals surface area contributed by atoms with Crippen LogP contribution in [0.3, 0.4) is 0 Å². The SMILES string of the molecule is CC1(C)OB(c2ccc(F)c3[nH]ccc23)OC1(C)C.Fc1ccc(Br)c2cc[nH]c12. The number of halogens is 3. The molecule has 0 spiro atoms. The summed E-state index contributed by atoms with van der Waals surface area (Å²) in [4.78, 5) is 5.73. The average molecular weight is 475 g/mol. The molecule has 0 bridgehead atoms. The number of hydrogen-bond acceptors (Lipinski definition) is 2. The monoisotopic (exact) mass is 474 g/mol. The molecule has 8 heteroatoms. The molecule has 3 heterocycles. The Kier molecular flexibility index (Phi) is 5.28. The Morgan fingerprint density at radius 2 is 1.27 bits per heavy atom. The summed E-state index contributed by atoms with van der Waals surface area (Å²) in [5.41, 5.74) is 1.12. The number of hydrogen-bond donors (Lipinski definition) is 2. The van der Waals surface area contributed by atoms with Crippen molar-refractivity contribution >= 4 is 50.3 Å². The molecular formula is C22H22BBrF2N2O2. The zero-order valence-corrected chi connectivity index (χ0v) is 18.7. The van der Waals surface area contributed by atoms with Crippen LogP contribution in [0, 0.1) is 11.6 Å². The van der Waals surface area contributed by atoms with Gasteiger partial charge in [-0.25, -0.2) is 8.78 Å². The van der Waals surface area contributed by atoms with Crippen molar-refractivity contribution in [2.45, 2.75) is 38.9 Å². The van der Waals surface area contributed by atoms with E-state index in [-0.39, 0.29) is 11.6 Å². The predicted molar refractivity (Wildman–Crippen MR) is 120 cm³/mol. The van der Waals surface area contributed by atoms with Gasteiger partial charge >= 0.3 is 7.12 Å². The highest BCUT2D eigenvalue weighted by molar-refractivity contribution is 9.10. The highest BCUT2D eigenvalue weighted by Crippen LogP contribution is 2.37. The largest absolute Gasteiger partial charge is 0.495 e. The fourth-order valence-corrected chi connectivity index (χ4v) is 3.87. The number of aromatic amines is 2. The quantitative estimate of drug-likeness (QED) is 0.349. The van der Waals surface area contributed by atoms with Crippen LogP contribution < -0.4 is 5.46 Å². The molecule has 30 heavy (non-hydrogen) atoms. The van der Waals surface area contributed by atoms with E-state index in [1.165, 1.54) is 12.1 Å². The summed E-state index contributed by atoms with van der Waals surface area (Å²) in [6, 6.07) is 9.99. The topological polar surface area (TPSA) is 50.0 Å². The van der Waals surface area contributed by atoms with Crippen molar-refractivity contribution in [3.05, 3.63) is 64.9 Å². The summed E-state index contributed by atoms with van der Waals surface area (Å²) in [6.07, 6.45) is 3.45. The highest BCUT2D eigenvalue weighted by atomic mass is 79.9. The number of aromatic nitrogens is 2. The first-order valence-electron chi connectivity index (χ1n) is 9.63. The smallest absolute Gasteiger partial charge is 0.399 e. The molecule has 0 radical (unpaired) electrons. The molecule has 1 aliphatic rings. The molecule has 5 rings (SSSR count). The van der Waals surface area contributed by atoms with Crippen LogP contribution in [0.15, 0.2) is 53.3 Å². The molecular weight excluding hydrogens is 453 g/mol. The summed E-state index contributed by atoms with van der Waals surface area (Å²) in [7, 11) is -0.469. The van der Waals surface area contributed by atoms with E-state index in [1.54, 1.807) is 24.5 Å². The second kappa shape index (κ2) is 7.52. The molecule has 1 saturated heterocycles. The van der Waals surface area contributed by atoms with E-state index in [0.29, 0.717) is 11.0 Å². The molecule has 4 aromatic rings. The van der Waals surface area contributed by atoms with E-state index in [2.05, 4.69) is 25.9 Å². The molecule has 1 fully saturated rings. The minimum absolute atomic E-state index is 0.215. The molecule has 2 aromatic carbocycles. The van der Waals surface area contributed by atoms with E-state index in [0.717, 1.165) is 20.7 Å². The lowest BCUT2D eigenvalue weighted by Crippen LogP contribution is -2.41. The van der Waals surface area contributed by atoms with Crippen LogP contribution in [-0.4, -0.2) is 28.3 Å². The van der Waals surface area contributed by atoms with Crippen molar-refractivity contribution in [3.8, 4) is 0 Å². The number of nitrogens with one attached hydrogen (secondary N) is 2. The van der Waals surface area contributed by atoms with Gasteiger partial charge in [-0.2, -0.15) is 0 Å². The number of benzene rings is 2. The third-order valence-corrected chi connectivity index (χ3v) is 6.52. The molecule has 0 atom stereocenters. The minimum atomic E-state index is -0.469. The van der Waals surface area contributed by atoms with Gasteiger partial charge in [0, 0.05) is 27.6 Å². The summed E-state index contributed by atoms with van der Waals surface area (Å²) < 4.78 is 39.6. The first kappa shape index (κ1) is 21.1. The molecule has 0 saturated carbocycles. The highest BCUT2D eigenvalue weighted by Gasteiger charge is 2.52. The molecule has 2 aromatic heterocycles. The molecule has 0 unspecified atom stereocenters. The zero-order chi connectivity index (χ0) is 21.7. The van der Waals surface area contributed by atoms with Gasteiger partial charge < -0.3 is 19.3 Å². The first-order chi connectivity index (χ1) is 14.1. The average Bonchev–Trinajstić information content (AvgIpc) is 3.38. The Morgan fingerprint density at radius 1 is 0.767 bits per heavy atom. The number of rotatable bonds is 1. The summed E-state index contributed by atoms with van der Waals surface area (Å²) in [5.74, 6) is -0.478. The Hall–Kier alpha value is -2.16. The summed E-state index contributed by atoms with van der Waals surface area (Å²) >= 11 is 3.32. The van der Waals surface area contributed by atoms with Gasteiger partial charge in [-0.1, -0.05) is 22.0 Å². The van der Waals surface area contributed by atoms with Crippen LogP contribution in [0.1, 0.15) is 27.7 Å². The number of H-pyrrole nitrogens is 2. The standard InChI is InChI=1S/C14H17BFNO2.C8H5BrFN/c1-13(2)14(3,4)19-15(18-13)10-5-6-11(16)12-9(10)7-8-17-12;9-6-1-2-7(10)8-5(6)3-4-11-8/h5-8,17H,1-4H3;1-4,11H. The molecule has 2 N–H and O–H groups in total. The van der Waals surface area contributed by atoms with Crippen molar-refractivity contribution in [2.75, 3.05) is 0 Å². The van der Waals surface area contributed by atoms with Gasteiger partial charge in [0.1, 0.15) is 11.6 Å². The zero-order valence-electron chi connectivity index (χ0n) is 17.1. The lowest BCUT2D eigenvalue weighted by atomic mass is 9.77.